The fraction of sp³-hybridized carbons (Fsp3) is 0.600. The van der Waals surface area contributed by atoms with Crippen molar-refractivity contribution in [3.8, 4) is 5.75 Å². The molecule has 19 heavy (non-hydrogen) atoms. The van der Waals surface area contributed by atoms with Gasteiger partial charge in [0.15, 0.2) is 0 Å². The van der Waals surface area contributed by atoms with Crippen LogP contribution < -0.4 is 15.4 Å². The minimum atomic E-state index is -0.0493. The molecule has 0 bridgehead atoms. The lowest BCUT2D eigenvalue weighted by atomic mass is 9.85. The SMILES string of the molecule is COc1ccccc1N(C)C1(CN)CCOC(C)C1. The molecule has 0 aromatic heterocycles. The first-order valence-corrected chi connectivity index (χ1v) is 6.81. The van der Waals surface area contributed by atoms with E-state index in [1.54, 1.807) is 7.11 Å². The number of nitrogens with two attached hydrogens (primary N) is 1. The van der Waals surface area contributed by atoms with E-state index in [-0.39, 0.29) is 11.6 Å². The van der Waals surface area contributed by atoms with Crippen LogP contribution in [-0.2, 0) is 4.74 Å². The van der Waals surface area contributed by atoms with Gasteiger partial charge in [0.25, 0.3) is 0 Å². The van der Waals surface area contributed by atoms with Crippen molar-refractivity contribution in [2.75, 3.05) is 32.2 Å². The molecule has 1 fully saturated rings. The molecule has 1 saturated heterocycles. The molecule has 1 heterocycles. The molecule has 106 valence electrons. The molecule has 1 aliphatic rings. The number of hydrogen-bond acceptors (Lipinski definition) is 4. The van der Waals surface area contributed by atoms with Crippen LogP contribution in [0.4, 0.5) is 5.69 Å². The van der Waals surface area contributed by atoms with Crippen LogP contribution in [0.25, 0.3) is 0 Å². The molecular weight excluding hydrogens is 240 g/mol. The number of ether oxygens (including phenoxy) is 2. The van der Waals surface area contributed by atoms with Gasteiger partial charge in [0.1, 0.15) is 5.75 Å². The average Bonchev–Trinajstić information content (AvgIpc) is 2.46. The number of hydrogen-bond donors (Lipinski definition) is 1. The second-order valence-corrected chi connectivity index (χ2v) is 5.29. The van der Waals surface area contributed by atoms with Crippen LogP contribution in [0.2, 0.25) is 0 Å². The Kier molecular flexibility index (Phi) is 4.32. The first-order valence-electron chi connectivity index (χ1n) is 6.81. The summed E-state index contributed by atoms with van der Waals surface area (Å²) in [5, 5.41) is 0. The molecule has 4 nitrogen and oxygen atoms in total. The molecule has 1 aromatic rings. The van der Waals surface area contributed by atoms with E-state index in [4.69, 9.17) is 15.2 Å². The van der Waals surface area contributed by atoms with E-state index in [0.717, 1.165) is 30.9 Å². The first-order chi connectivity index (χ1) is 9.13. The summed E-state index contributed by atoms with van der Waals surface area (Å²) in [4.78, 5) is 2.27. The van der Waals surface area contributed by atoms with Gasteiger partial charge < -0.3 is 20.1 Å². The fourth-order valence-corrected chi connectivity index (χ4v) is 2.94. The van der Waals surface area contributed by atoms with Gasteiger partial charge in [-0.05, 0) is 31.9 Å². The van der Waals surface area contributed by atoms with Gasteiger partial charge in [-0.25, -0.2) is 0 Å². The van der Waals surface area contributed by atoms with Crippen LogP contribution in [0.1, 0.15) is 19.8 Å². The Hall–Kier alpha value is -1.26. The second-order valence-electron chi connectivity index (χ2n) is 5.29. The van der Waals surface area contributed by atoms with E-state index in [1.165, 1.54) is 0 Å². The first kappa shape index (κ1) is 14.2. The monoisotopic (exact) mass is 264 g/mol. The molecule has 0 aliphatic carbocycles. The molecule has 2 unspecified atom stereocenters. The van der Waals surface area contributed by atoms with Crippen LogP contribution in [-0.4, -0.2) is 39.0 Å². The predicted molar refractivity (Wildman–Crippen MR) is 77.8 cm³/mol. The Morgan fingerprint density at radius 3 is 2.84 bits per heavy atom. The Labute approximate surface area is 115 Å². The van der Waals surface area contributed by atoms with Crippen LogP contribution >= 0.6 is 0 Å². The van der Waals surface area contributed by atoms with E-state index in [9.17, 15) is 0 Å². The van der Waals surface area contributed by atoms with Crippen LogP contribution in [0, 0.1) is 0 Å². The van der Waals surface area contributed by atoms with E-state index in [2.05, 4.69) is 24.9 Å². The van der Waals surface area contributed by atoms with Gasteiger partial charge in [-0.2, -0.15) is 0 Å². The summed E-state index contributed by atoms with van der Waals surface area (Å²) in [6.07, 6.45) is 2.13. The zero-order chi connectivity index (χ0) is 13.9. The number of para-hydroxylation sites is 2. The summed E-state index contributed by atoms with van der Waals surface area (Å²) in [5.41, 5.74) is 7.13. The van der Waals surface area contributed by atoms with Gasteiger partial charge in [0, 0.05) is 20.2 Å². The highest BCUT2D eigenvalue weighted by Gasteiger charge is 2.39. The number of anilines is 1. The lowest BCUT2D eigenvalue weighted by Gasteiger charge is -2.47. The van der Waals surface area contributed by atoms with Crippen molar-refractivity contribution in [1.29, 1.82) is 0 Å². The Morgan fingerprint density at radius 1 is 1.47 bits per heavy atom. The van der Waals surface area contributed by atoms with Crippen molar-refractivity contribution < 1.29 is 9.47 Å². The number of methoxy groups -OCH3 is 1. The molecule has 2 atom stereocenters. The number of likely N-dealkylation sites (N-methyl/N-ethyl adjacent to an activating group) is 1. The Balaban J connectivity index is 2.32. The summed E-state index contributed by atoms with van der Waals surface area (Å²) >= 11 is 0. The summed E-state index contributed by atoms with van der Waals surface area (Å²) < 4.78 is 11.1. The third kappa shape index (κ3) is 2.69. The van der Waals surface area contributed by atoms with Crippen molar-refractivity contribution in [2.45, 2.75) is 31.4 Å². The Bertz CT molecular complexity index is 424. The molecular formula is C15H24N2O2. The van der Waals surface area contributed by atoms with Crippen LogP contribution in [0.3, 0.4) is 0 Å². The third-order valence-electron chi connectivity index (χ3n) is 4.18. The third-order valence-corrected chi connectivity index (χ3v) is 4.18. The smallest absolute Gasteiger partial charge is 0.142 e. The van der Waals surface area contributed by atoms with Crippen molar-refractivity contribution in [3.63, 3.8) is 0 Å². The van der Waals surface area contributed by atoms with Gasteiger partial charge in [-0.3, -0.25) is 0 Å². The van der Waals surface area contributed by atoms with Gasteiger partial charge in [0.05, 0.1) is 24.4 Å². The molecule has 2 rings (SSSR count). The fourth-order valence-electron chi connectivity index (χ4n) is 2.94. The second kappa shape index (κ2) is 5.80. The summed E-state index contributed by atoms with van der Waals surface area (Å²) in [6, 6.07) is 8.08. The Morgan fingerprint density at radius 2 is 2.21 bits per heavy atom. The van der Waals surface area contributed by atoms with Gasteiger partial charge in [0.2, 0.25) is 0 Å². The van der Waals surface area contributed by atoms with Gasteiger partial charge in [-0.15, -0.1) is 0 Å². The maximum Gasteiger partial charge on any atom is 0.142 e. The molecule has 2 N–H and O–H groups in total. The quantitative estimate of drug-likeness (QED) is 0.904. The zero-order valence-corrected chi connectivity index (χ0v) is 12.1. The maximum atomic E-state index is 6.09. The molecule has 4 heteroatoms. The highest BCUT2D eigenvalue weighted by molar-refractivity contribution is 5.59. The highest BCUT2D eigenvalue weighted by Crippen LogP contribution is 2.37. The molecule has 0 radical (unpaired) electrons. The highest BCUT2D eigenvalue weighted by atomic mass is 16.5. The van der Waals surface area contributed by atoms with E-state index in [0.29, 0.717) is 6.54 Å². The molecule has 1 aromatic carbocycles. The van der Waals surface area contributed by atoms with E-state index < -0.39 is 0 Å². The van der Waals surface area contributed by atoms with Gasteiger partial charge in [-0.1, -0.05) is 12.1 Å². The normalized spacial score (nSPS) is 27.1. The summed E-state index contributed by atoms with van der Waals surface area (Å²) in [5.74, 6) is 0.886. The summed E-state index contributed by atoms with van der Waals surface area (Å²) in [7, 11) is 3.80. The lowest BCUT2D eigenvalue weighted by Crippen LogP contribution is -2.57. The number of nitrogens with zero attached hydrogens (tertiary/aromatic N) is 1. The molecule has 0 amide bonds. The lowest BCUT2D eigenvalue weighted by molar-refractivity contribution is -0.00646. The van der Waals surface area contributed by atoms with Gasteiger partial charge >= 0.3 is 0 Å². The molecule has 0 saturated carbocycles. The minimum Gasteiger partial charge on any atom is -0.495 e. The van der Waals surface area contributed by atoms with Crippen molar-refractivity contribution in [2.24, 2.45) is 5.73 Å². The largest absolute Gasteiger partial charge is 0.495 e. The standard InChI is InChI=1S/C15H24N2O2/c1-12-10-15(11-16,8-9-19-12)17(2)13-6-4-5-7-14(13)18-3/h4-7,12H,8-11,16H2,1-3H3. The number of rotatable bonds is 4. The van der Waals surface area contributed by atoms with Crippen LogP contribution in [0.15, 0.2) is 24.3 Å². The average molecular weight is 264 g/mol. The van der Waals surface area contributed by atoms with E-state index in [1.807, 2.05) is 18.2 Å². The summed E-state index contributed by atoms with van der Waals surface area (Å²) in [6.45, 7) is 3.49. The topological polar surface area (TPSA) is 47.7 Å². The zero-order valence-electron chi connectivity index (χ0n) is 12.1. The van der Waals surface area contributed by atoms with Crippen molar-refractivity contribution in [3.05, 3.63) is 24.3 Å². The van der Waals surface area contributed by atoms with Crippen molar-refractivity contribution in [1.82, 2.24) is 0 Å². The van der Waals surface area contributed by atoms with E-state index >= 15 is 0 Å². The molecule has 0 spiro atoms. The predicted octanol–water partition coefficient (Wildman–Crippen LogP) is 2.03. The maximum absolute atomic E-state index is 6.09. The minimum absolute atomic E-state index is 0.0493. The van der Waals surface area contributed by atoms with Crippen molar-refractivity contribution >= 4 is 5.69 Å². The number of benzene rings is 1. The van der Waals surface area contributed by atoms with Crippen LogP contribution in [0.5, 0.6) is 5.75 Å². The molecule has 1 aliphatic heterocycles.